The number of carbonyl (C=O) groups excluding carboxylic acids is 2. The summed E-state index contributed by atoms with van der Waals surface area (Å²) in [5.41, 5.74) is -8.56. The summed E-state index contributed by atoms with van der Waals surface area (Å²) in [7, 11) is -4.62. The number of aliphatic hydroxyl groups is 4. The number of carbonyl (C=O) groups is 2. The molecule has 4 atom stereocenters. The van der Waals surface area contributed by atoms with Crippen LogP contribution < -0.4 is 11.2 Å². The van der Waals surface area contributed by atoms with Gasteiger partial charge in [0.1, 0.15) is 18.4 Å². The molecule has 0 spiro atoms. The Morgan fingerprint density at radius 2 is 1.57 bits per heavy atom. The van der Waals surface area contributed by atoms with Crippen molar-refractivity contribution in [3.63, 3.8) is 0 Å². The summed E-state index contributed by atoms with van der Waals surface area (Å²) >= 11 is 1.58. The third-order valence-corrected chi connectivity index (χ3v) is 10.5. The van der Waals surface area contributed by atoms with Crippen molar-refractivity contribution in [2.24, 2.45) is 10.8 Å². The molecule has 1 aliphatic heterocycles. The van der Waals surface area contributed by atoms with E-state index in [1.165, 1.54) is 27.7 Å². The molecule has 0 unspecified atom stereocenters. The van der Waals surface area contributed by atoms with Crippen molar-refractivity contribution in [3.05, 3.63) is 33.1 Å². The number of phosphoric acid groups is 1. The van der Waals surface area contributed by atoms with E-state index in [4.69, 9.17) is 18.3 Å². The van der Waals surface area contributed by atoms with E-state index in [-0.39, 0.29) is 35.0 Å². The summed E-state index contributed by atoms with van der Waals surface area (Å²) in [6.45, 7) is 3.11. The van der Waals surface area contributed by atoms with Crippen molar-refractivity contribution in [2.45, 2.75) is 58.2 Å². The molecule has 0 aliphatic carbocycles. The lowest BCUT2D eigenvalue weighted by molar-refractivity contribution is -0.139. The zero-order chi connectivity index (χ0) is 33.6. The van der Waals surface area contributed by atoms with Gasteiger partial charge in [0.25, 0.3) is 5.56 Å². The van der Waals surface area contributed by atoms with E-state index in [9.17, 15) is 48.6 Å². The summed E-state index contributed by atoms with van der Waals surface area (Å²) in [4.78, 5) is 50.3. The zero-order valence-corrected chi connectivity index (χ0v) is 27.5. The first-order chi connectivity index (χ1) is 20.3. The topological polar surface area (TPSA) is 224 Å². The lowest BCUT2D eigenvalue weighted by Crippen LogP contribution is -2.53. The zero-order valence-electron chi connectivity index (χ0n) is 25.0. The fraction of sp³-hybridized carbons (Fsp3) is 0.760. The predicted molar refractivity (Wildman–Crippen MR) is 159 cm³/mol. The third-order valence-electron chi connectivity index (χ3n) is 6.72. The Bertz CT molecular complexity index is 1280. The quantitative estimate of drug-likeness (QED) is 0.112. The maximum atomic E-state index is 14.5. The molecule has 5 N–H and O–H groups in total. The molecule has 252 valence electrons. The molecule has 19 heteroatoms. The van der Waals surface area contributed by atoms with Crippen molar-refractivity contribution in [2.75, 3.05) is 51.2 Å². The fourth-order valence-electron chi connectivity index (χ4n) is 3.67. The van der Waals surface area contributed by atoms with Gasteiger partial charge in [-0.1, -0.05) is 23.5 Å². The third kappa shape index (κ3) is 9.31. The van der Waals surface area contributed by atoms with Crippen molar-refractivity contribution >= 4 is 41.6 Å². The predicted octanol–water partition coefficient (Wildman–Crippen LogP) is 0.600. The smallest absolute Gasteiger partial charge is 0.395 e. The van der Waals surface area contributed by atoms with Crippen LogP contribution in [0.4, 0.5) is 4.39 Å². The summed E-state index contributed by atoms with van der Waals surface area (Å²) in [5, 5.41) is 39.9. The van der Waals surface area contributed by atoms with Crippen LogP contribution in [0, 0.1) is 10.8 Å². The highest BCUT2D eigenvalue weighted by Crippen LogP contribution is 2.53. The Morgan fingerprint density at radius 1 is 1.07 bits per heavy atom. The van der Waals surface area contributed by atoms with E-state index < -0.39 is 79.9 Å². The van der Waals surface area contributed by atoms with Gasteiger partial charge in [-0.3, -0.25) is 37.5 Å². The molecule has 1 aliphatic rings. The molecule has 0 bridgehead atoms. The number of aromatic amines is 1. The molecule has 2 rings (SSSR count). The first kappa shape index (κ1) is 38.7. The number of alkyl halides is 1. The minimum Gasteiger partial charge on any atom is -0.395 e. The fourth-order valence-corrected chi connectivity index (χ4v) is 6.76. The van der Waals surface area contributed by atoms with Gasteiger partial charge in [0.2, 0.25) is 0 Å². The molecule has 1 fully saturated rings. The van der Waals surface area contributed by atoms with Crippen LogP contribution in [0.5, 0.6) is 0 Å². The average molecular weight is 691 g/mol. The molecule has 1 aromatic rings. The second-order valence-corrected chi connectivity index (χ2v) is 15.4. The Labute approximate surface area is 261 Å². The second kappa shape index (κ2) is 15.4. The minimum atomic E-state index is -4.62. The molecule has 1 aromatic heterocycles. The Morgan fingerprint density at radius 3 is 2.00 bits per heavy atom. The van der Waals surface area contributed by atoms with Gasteiger partial charge in [-0.05, 0) is 34.6 Å². The van der Waals surface area contributed by atoms with Crippen LogP contribution in [0.3, 0.4) is 0 Å². The van der Waals surface area contributed by atoms with E-state index in [0.29, 0.717) is 0 Å². The summed E-state index contributed by atoms with van der Waals surface area (Å²) in [6, 6.07) is 0.948. The molecule has 44 heavy (non-hydrogen) atoms. The van der Waals surface area contributed by atoms with Crippen LogP contribution in [-0.4, -0.2) is 109 Å². The summed E-state index contributed by atoms with van der Waals surface area (Å²) in [5.74, 6) is -0.0909. The number of ether oxygens (including phenoxy) is 1. The highest BCUT2D eigenvalue weighted by molar-refractivity contribution is 8.14. The van der Waals surface area contributed by atoms with Gasteiger partial charge in [-0.25, -0.2) is 13.8 Å². The molecule has 15 nitrogen and oxygen atoms in total. The van der Waals surface area contributed by atoms with E-state index in [2.05, 4.69) is 0 Å². The van der Waals surface area contributed by atoms with Crippen molar-refractivity contribution < 1.29 is 57.3 Å². The van der Waals surface area contributed by atoms with Crippen LogP contribution in [0.25, 0.3) is 0 Å². The van der Waals surface area contributed by atoms with E-state index in [1.54, 1.807) is 0 Å². The summed E-state index contributed by atoms with van der Waals surface area (Å²) in [6.07, 6.45) is -2.79. The highest BCUT2D eigenvalue weighted by Gasteiger charge is 2.63. The van der Waals surface area contributed by atoms with Crippen molar-refractivity contribution in [3.8, 4) is 0 Å². The SMILES string of the molecule is CC(C)(CO)C(=O)SCCOP(=O)(OCCSC(=O)C(C)(C)CO)OC[C@@]1(CF)O[C@@H](n2ccc(=O)[nH]c2=O)[C@](C)(O)[C@@H]1O. The first-order valence-electron chi connectivity index (χ1n) is 13.4. The number of halogens is 1. The monoisotopic (exact) mass is 690 g/mol. The first-order valence-corrected chi connectivity index (χ1v) is 16.8. The maximum Gasteiger partial charge on any atom is 0.474 e. The van der Waals surface area contributed by atoms with Gasteiger partial charge >= 0.3 is 13.5 Å². The number of nitrogens with zero attached hydrogens (tertiary/aromatic N) is 1. The maximum absolute atomic E-state index is 14.5. The van der Waals surface area contributed by atoms with Gasteiger partial charge < -0.3 is 25.2 Å². The molecule has 0 amide bonds. The molecule has 2 heterocycles. The molecule has 0 aromatic carbocycles. The lowest BCUT2D eigenvalue weighted by Gasteiger charge is -2.31. The Hall–Kier alpha value is -1.44. The van der Waals surface area contributed by atoms with Crippen LogP contribution >= 0.6 is 31.3 Å². The van der Waals surface area contributed by atoms with Gasteiger partial charge in [-0.2, -0.15) is 0 Å². The van der Waals surface area contributed by atoms with Crippen molar-refractivity contribution in [1.82, 2.24) is 9.55 Å². The number of aliphatic hydroxyl groups excluding tert-OH is 3. The highest BCUT2D eigenvalue weighted by atomic mass is 32.2. The number of aromatic nitrogens is 2. The molecule has 1 saturated heterocycles. The standard InChI is InChI=1S/C25H40FN2O13PS2/c1-22(2,13-29)19(33)43-10-8-38-42(37,39-9-11-44-20(34)23(3,4)14-30)40-15-25(12-26)17(32)24(5,36)18(41-25)28-7-6-16(31)27-21(28)35/h6-7,17-18,29-30,32,36H,8-15H2,1-5H3,(H,27,31,35)/t17-,18+,24+,25+/m0/s1. The normalized spacial score (nSPS) is 24.5. The van der Waals surface area contributed by atoms with Crippen molar-refractivity contribution in [1.29, 1.82) is 0 Å². The number of nitrogens with one attached hydrogen (secondary N) is 1. The number of phosphoric ester groups is 1. The van der Waals surface area contributed by atoms with E-state index >= 15 is 0 Å². The number of rotatable bonds is 17. The average Bonchev–Trinajstić information content (AvgIpc) is 3.17. The second-order valence-electron chi connectivity index (χ2n) is 11.6. The molecule has 0 radical (unpaired) electrons. The lowest BCUT2D eigenvalue weighted by atomic mass is 9.88. The number of H-pyrrole nitrogens is 1. The van der Waals surface area contributed by atoms with Crippen LogP contribution in [-0.2, 0) is 32.5 Å². The number of hydrogen-bond acceptors (Lipinski definition) is 15. The van der Waals surface area contributed by atoms with Gasteiger partial charge in [0, 0.05) is 23.8 Å². The molecular formula is C25H40FN2O13PS2. The van der Waals surface area contributed by atoms with Crippen LogP contribution in [0.1, 0.15) is 40.8 Å². The van der Waals surface area contributed by atoms with Crippen LogP contribution in [0.2, 0.25) is 0 Å². The van der Waals surface area contributed by atoms with Gasteiger partial charge in [-0.15, -0.1) is 0 Å². The summed E-state index contributed by atoms with van der Waals surface area (Å²) < 4.78 is 50.5. The molecule has 0 saturated carbocycles. The Balaban J connectivity index is 2.21. The van der Waals surface area contributed by atoms with Crippen LogP contribution in [0.15, 0.2) is 21.9 Å². The van der Waals surface area contributed by atoms with E-state index in [1.807, 2.05) is 4.98 Å². The number of hydrogen-bond donors (Lipinski definition) is 5. The largest absolute Gasteiger partial charge is 0.474 e. The Kier molecular flexibility index (Phi) is 13.6. The van der Waals surface area contributed by atoms with Gasteiger partial charge in [0.05, 0.1) is 43.9 Å². The number of thioether (sulfide) groups is 2. The minimum absolute atomic E-state index is 0.0454. The van der Waals surface area contributed by atoms with E-state index in [0.717, 1.165) is 47.3 Å². The molecular weight excluding hydrogens is 650 g/mol. The van der Waals surface area contributed by atoms with Gasteiger partial charge in [0.15, 0.2) is 22.1 Å².